The Balaban J connectivity index is 1.26. The molecule has 0 unspecified atom stereocenters. The molecule has 3 aliphatic rings. The number of hydrogen-bond donors (Lipinski definition) is 1. The first-order valence-electron chi connectivity index (χ1n) is 13.5. The van der Waals surface area contributed by atoms with E-state index in [9.17, 15) is 18.7 Å². The van der Waals surface area contributed by atoms with Crippen LogP contribution in [0.1, 0.15) is 45.6 Å². The number of nitrogens with zero attached hydrogens (tertiary/aromatic N) is 3. The lowest BCUT2D eigenvalue weighted by Crippen LogP contribution is -2.61. The van der Waals surface area contributed by atoms with Crippen LogP contribution in [-0.4, -0.2) is 71.7 Å². The van der Waals surface area contributed by atoms with Gasteiger partial charge in [0.1, 0.15) is 29.0 Å². The molecule has 8 nitrogen and oxygen atoms in total. The average molecular weight is 544 g/mol. The Morgan fingerprint density at radius 3 is 2.28 bits per heavy atom. The van der Waals surface area contributed by atoms with Gasteiger partial charge in [-0.3, -0.25) is 9.69 Å². The number of carboxylic acids is 1. The van der Waals surface area contributed by atoms with Crippen molar-refractivity contribution in [3.8, 4) is 22.6 Å². The monoisotopic (exact) mass is 543 g/mol. The number of rotatable bonds is 8. The van der Waals surface area contributed by atoms with Crippen molar-refractivity contribution < 1.29 is 33.0 Å². The second-order valence-electron chi connectivity index (χ2n) is 10.9. The molecule has 2 aromatic rings. The zero-order valence-corrected chi connectivity index (χ0v) is 22.6. The highest BCUT2D eigenvalue weighted by Gasteiger charge is 2.51. The number of piperidine rings is 1. The van der Waals surface area contributed by atoms with Crippen LogP contribution < -0.4 is 9.47 Å². The van der Waals surface area contributed by atoms with Gasteiger partial charge in [-0.2, -0.15) is 0 Å². The summed E-state index contributed by atoms with van der Waals surface area (Å²) >= 11 is 0. The number of carbonyl (C=O) groups is 1. The van der Waals surface area contributed by atoms with E-state index in [0.717, 1.165) is 17.5 Å². The minimum atomic E-state index is -0.742. The fraction of sp³-hybridized carbons (Fsp3) is 0.517. The summed E-state index contributed by atoms with van der Waals surface area (Å²) in [6, 6.07) is 7.27. The molecule has 10 heteroatoms. The topological polar surface area (TPSA) is 83.8 Å². The molecular weight excluding hydrogens is 508 g/mol. The zero-order valence-electron chi connectivity index (χ0n) is 22.6. The molecule has 1 spiro atoms. The Kier molecular flexibility index (Phi) is 7.41. The van der Waals surface area contributed by atoms with Crippen molar-refractivity contribution in [2.24, 2.45) is 10.6 Å². The molecule has 0 bridgehead atoms. The maximum absolute atomic E-state index is 14.7. The van der Waals surface area contributed by atoms with Gasteiger partial charge in [0, 0.05) is 44.4 Å². The SMILES string of the molecule is CCOc1cc(CN2CC3(CC(N4CCC(C)(C(=O)O)CC4)=NO3)C2)cc(OCC)c1-c1ccc(F)cc1F. The maximum Gasteiger partial charge on any atom is 0.309 e. The van der Waals surface area contributed by atoms with Crippen LogP contribution in [-0.2, 0) is 16.2 Å². The number of carboxylic acid groups (broad SMARTS) is 1. The molecule has 1 N–H and O–H groups in total. The number of amidine groups is 1. The largest absolute Gasteiger partial charge is 0.493 e. The van der Waals surface area contributed by atoms with Gasteiger partial charge in [0.15, 0.2) is 5.60 Å². The molecule has 0 aromatic heterocycles. The fourth-order valence-corrected chi connectivity index (χ4v) is 5.68. The molecule has 0 radical (unpaired) electrons. The summed E-state index contributed by atoms with van der Waals surface area (Å²) in [4.78, 5) is 21.9. The second-order valence-corrected chi connectivity index (χ2v) is 10.9. The molecule has 2 saturated heterocycles. The number of ether oxygens (including phenoxy) is 2. The summed E-state index contributed by atoms with van der Waals surface area (Å²) in [6.45, 7) is 9.62. The van der Waals surface area contributed by atoms with Gasteiger partial charge in [0.05, 0.1) is 30.6 Å². The summed E-state index contributed by atoms with van der Waals surface area (Å²) in [6.07, 6.45) is 1.87. The highest BCUT2D eigenvalue weighted by molar-refractivity contribution is 5.85. The van der Waals surface area contributed by atoms with Gasteiger partial charge in [0.2, 0.25) is 0 Å². The van der Waals surface area contributed by atoms with Gasteiger partial charge in [-0.15, -0.1) is 0 Å². The summed E-state index contributed by atoms with van der Waals surface area (Å²) in [5, 5.41) is 13.9. The Morgan fingerprint density at radius 2 is 1.72 bits per heavy atom. The van der Waals surface area contributed by atoms with E-state index in [1.807, 2.05) is 32.9 Å². The van der Waals surface area contributed by atoms with E-state index in [-0.39, 0.29) is 11.2 Å². The lowest BCUT2D eigenvalue weighted by molar-refractivity contribution is -0.150. The first-order valence-corrected chi connectivity index (χ1v) is 13.5. The molecule has 3 aliphatic heterocycles. The third-order valence-corrected chi connectivity index (χ3v) is 7.93. The van der Waals surface area contributed by atoms with E-state index < -0.39 is 23.0 Å². The average Bonchev–Trinajstić information content (AvgIpc) is 3.31. The van der Waals surface area contributed by atoms with Gasteiger partial charge >= 0.3 is 5.97 Å². The molecule has 0 aliphatic carbocycles. The Labute approximate surface area is 227 Å². The predicted molar refractivity (Wildman–Crippen MR) is 142 cm³/mol. The van der Waals surface area contributed by atoms with Crippen LogP contribution in [0.3, 0.4) is 0 Å². The van der Waals surface area contributed by atoms with Crippen LogP contribution >= 0.6 is 0 Å². The van der Waals surface area contributed by atoms with E-state index in [4.69, 9.17) is 14.3 Å². The Morgan fingerprint density at radius 1 is 1.08 bits per heavy atom. The van der Waals surface area contributed by atoms with Crippen molar-refractivity contribution in [2.75, 3.05) is 39.4 Å². The molecule has 0 atom stereocenters. The molecule has 0 amide bonds. The fourth-order valence-electron chi connectivity index (χ4n) is 5.68. The molecule has 0 saturated carbocycles. The quantitative estimate of drug-likeness (QED) is 0.507. The molecule has 3 heterocycles. The third kappa shape index (κ3) is 5.39. The molecule has 2 aromatic carbocycles. The number of likely N-dealkylation sites (tertiary alicyclic amines) is 2. The summed E-state index contributed by atoms with van der Waals surface area (Å²) in [5.41, 5.74) is 0.596. The predicted octanol–water partition coefficient (Wildman–Crippen LogP) is 4.90. The van der Waals surface area contributed by atoms with Crippen LogP contribution in [0.15, 0.2) is 35.5 Å². The molecule has 2 fully saturated rings. The van der Waals surface area contributed by atoms with E-state index in [2.05, 4.69) is 15.0 Å². The van der Waals surface area contributed by atoms with E-state index in [0.29, 0.717) is 82.3 Å². The van der Waals surface area contributed by atoms with Crippen molar-refractivity contribution in [1.82, 2.24) is 9.80 Å². The second kappa shape index (κ2) is 10.6. The van der Waals surface area contributed by atoms with Gasteiger partial charge in [-0.05, 0) is 63.4 Å². The van der Waals surface area contributed by atoms with Crippen molar-refractivity contribution in [3.63, 3.8) is 0 Å². The Bertz CT molecular complexity index is 1240. The van der Waals surface area contributed by atoms with Crippen molar-refractivity contribution in [3.05, 3.63) is 47.5 Å². The van der Waals surface area contributed by atoms with E-state index in [1.54, 1.807) is 0 Å². The molecule has 5 rings (SSSR count). The first kappa shape index (κ1) is 27.2. The molecule has 210 valence electrons. The normalized spacial score (nSPS) is 19.8. The lowest BCUT2D eigenvalue weighted by atomic mass is 9.80. The summed E-state index contributed by atoms with van der Waals surface area (Å²) in [5.74, 6) is -0.194. The van der Waals surface area contributed by atoms with E-state index >= 15 is 0 Å². The molecular formula is C29H35F2N3O5. The highest BCUT2D eigenvalue weighted by Crippen LogP contribution is 2.43. The van der Waals surface area contributed by atoms with Crippen LogP contribution in [0.4, 0.5) is 8.78 Å². The zero-order chi connectivity index (χ0) is 27.8. The van der Waals surface area contributed by atoms with Gasteiger partial charge < -0.3 is 24.3 Å². The standard InChI is InChI=1S/C29H35F2N3O5/c1-4-37-23-12-19(13-24(38-5-2)26(23)21-7-6-20(30)14-22(21)31)16-33-17-29(18-33)15-25(32-39-29)34-10-8-28(3,9-11-34)27(35)36/h6-7,12-14H,4-5,8-11,15-18H2,1-3H3,(H,35,36). The third-order valence-electron chi connectivity index (χ3n) is 7.93. The van der Waals surface area contributed by atoms with Crippen molar-refractivity contribution in [2.45, 2.75) is 52.2 Å². The maximum atomic E-state index is 14.7. The van der Waals surface area contributed by atoms with Crippen molar-refractivity contribution >= 4 is 11.8 Å². The van der Waals surface area contributed by atoms with Crippen LogP contribution in [0.2, 0.25) is 0 Å². The Hall–Kier alpha value is -3.40. The lowest BCUT2D eigenvalue weighted by Gasteiger charge is -2.45. The van der Waals surface area contributed by atoms with Gasteiger partial charge in [0.25, 0.3) is 0 Å². The smallest absolute Gasteiger partial charge is 0.309 e. The number of aliphatic carboxylic acids is 1. The van der Waals surface area contributed by atoms with Crippen LogP contribution in [0, 0.1) is 17.0 Å². The highest BCUT2D eigenvalue weighted by atomic mass is 19.1. The first-order chi connectivity index (χ1) is 18.6. The van der Waals surface area contributed by atoms with Gasteiger partial charge in [-0.25, -0.2) is 8.78 Å². The minimum Gasteiger partial charge on any atom is -0.493 e. The van der Waals surface area contributed by atoms with E-state index in [1.165, 1.54) is 12.1 Å². The molecule has 39 heavy (non-hydrogen) atoms. The van der Waals surface area contributed by atoms with Crippen LogP contribution in [0.25, 0.3) is 11.1 Å². The van der Waals surface area contributed by atoms with Crippen molar-refractivity contribution in [1.29, 1.82) is 0 Å². The van der Waals surface area contributed by atoms with Gasteiger partial charge in [-0.1, -0.05) is 5.16 Å². The number of benzene rings is 2. The van der Waals surface area contributed by atoms with Crippen LogP contribution in [0.5, 0.6) is 11.5 Å². The number of halogens is 2. The number of hydrogen-bond acceptors (Lipinski definition) is 7. The number of oxime groups is 1. The summed E-state index contributed by atoms with van der Waals surface area (Å²) < 4.78 is 40.1. The minimum absolute atomic E-state index is 0.225. The summed E-state index contributed by atoms with van der Waals surface area (Å²) in [7, 11) is 0.